The minimum Gasteiger partial charge on any atom is -0.393 e. The molecule has 1 saturated heterocycles. The first kappa shape index (κ1) is 12.1. The van der Waals surface area contributed by atoms with E-state index in [1.54, 1.807) is 0 Å². The second-order valence-electron chi connectivity index (χ2n) is 5.72. The average molecular weight is 223 g/mol. The van der Waals surface area contributed by atoms with Crippen LogP contribution in [0.3, 0.4) is 0 Å². The number of allylic oxidation sites excluding steroid dienone is 2. The van der Waals surface area contributed by atoms with Crippen LogP contribution < -0.4 is 0 Å². The quantitative estimate of drug-likeness (QED) is 0.727. The summed E-state index contributed by atoms with van der Waals surface area (Å²) in [6.45, 7) is 4.52. The van der Waals surface area contributed by atoms with E-state index in [0.29, 0.717) is 11.8 Å². The molecule has 0 aromatic rings. The van der Waals surface area contributed by atoms with Crippen molar-refractivity contribution in [1.29, 1.82) is 0 Å². The number of nitrogens with zero attached hydrogens (tertiary/aromatic N) is 1. The van der Waals surface area contributed by atoms with Crippen molar-refractivity contribution >= 4 is 0 Å². The molecule has 1 aliphatic carbocycles. The highest BCUT2D eigenvalue weighted by molar-refractivity contribution is 5.04. The fraction of sp³-hybridized carbons (Fsp3) is 0.857. The molecule has 0 aromatic carbocycles. The summed E-state index contributed by atoms with van der Waals surface area (Å²) in [5, 5.41) is 10.4. The van der Waals surface area contributed by atoms with Crippen molar-refractivity contribution in [2.75, 3.05) is 20.1 Å². The molecule has 2 heteroatoms. The lowest BCUT2D eigenvalue weighted by Gasteiger charge is -2.36. The van der Waals surface area contributed by atoms with Crippen molar-refractivity contribution in [1.82, 2.24) is 4.90 Å². The van der Waals surface area contributed by atoms with Crippen molar-refractivity contribution in [3.63, 3.8) is 0 Å². The molecule has 1 heterocycles. The third kappa shape index (κ3) is 2.86. The van der Waals surface area contributed by atoms with Crippen molar-refractivity contribution in [2.45, 2.75) is 45.1 Å². The van der Waals surface area contributed by atoms with E-state index in [9.17, 15) is 5.11 Å². The molecule has 2 rings (SSSR count). The molecule has 0 spiro atoms. The zero-order chi connectivity index (χ0) is 11.5. The second-order valence-corrected chi connectivity index (χ2v) is 5.72. The van der Waals surface area contributed by atoms with Gasteiger partial charge in [-0.15, -0.1) is 0 Å². The zero-order valence-electron chi connectivity index (χ0n) is 10.7. The Morgan fingerprint density at radius 1 is 1.25 bits per heavy atom. The summed E-state index contributed by atoms with van der Waals surface area (Å²) in [5.41, 5.74) is 1.51. The van der Waals surface area contributed by atoms with E-state index in [4.69, 9.17) is 0 Å². The lowest BCUT2D eigenvalue weighted by atomic mass is 9.78. The number of likely N-dealkylation sites (tertiary alicyclic amines) is 1. The van der Waals surface area contributed by atoms with Gasteiger partial charge in [0.05, 0.1) is 6.10 Å². The Morgan fingerprint density at radius 3 is 2.50 bits per heavy atom. The summed E-state index contributed by atoms with van der Waals surface area (Å²) in [4.78, 5) is 2.37. The summed E-state index contributed by atoms with van der Waals surface area (Å²) in [5.74, 6) is 1.07. The van der Waals surface area contributed by atoms with Crippen LogP contribution in [0.5, 0.6) is 0 Å². The molecule has 0 aromatic heterocycles. The highest BCUT2D eigenvalue weighted by Gasteiger charge is 2.30. The summed E-state index contributed by atoms with van der Waals surface area (Å²) in [6, 6.07) is 0. The van der Waals surface area contributed by atoms with Crippen molar-refractivity contribution < 1.29 is 5.11 Å². The van der Waals surface area contributed by atoms with Gasteiger partial charge in [-0.25, -0.2) is 0 Å². The summed E-state index contributed by atoms with van der Waals surface area (Å²) < 4.78 is 0. The monoisotopic (exact) mass is 223 g/mol. The largest absolute Gasteiger partial charge is 0.393 e. The van der Waals surface area contributed by atoms with Gasteiger partial charge in [0.15, 0.2) is 0 Å². The smallest absolute Gasteiger partial charge is 0.0600 e. The molecule has 16 heavy (non-hydrogen) atoms. The first-order valence-corrected chi connectivity index (χ1v) is 6.69. The van der Waals surface area contributed by atoms with Gasteiger partial charge < -0.3 is 10.0 Å². The molecule has 2 atom stereocenters. The van der Waals surface area contributed by atoms with Gasteiger partial charge in [0, 0.05) is 0 Å². The number of hydrogen-bond acceptors (Lipinski definition) is 2. The van der Waals surface area contributed by atoms with E-state index in [1.807, 2.05) is 0 Å². The molecule has 0 amide bonds. The normalized spacial score (nSPS) is 31.2. The number of piperidine rings is 1. The van der Waals surface area contributed by atoms with Crippen LogP contribution in [0.15, 0.2) is 11.6 Å². The topological polar surface area (TPSA) is 23.5 Å². The Kier molecular flexibility index (Phi) is 4.04. The molecule has 0 radical (unpaired) electrons. The van der Waals surface area contributed by atoms with E-state index < -0.39 is 0 Å². The lowest BCUT2D eigenvalue weighted by molar-refractivity contribution is 0.0180. The van der Waals surface area contributed by atoms with Gasteiger partial charge in [0.25, 0.3) is 0 Å². The first-order chi connectivity index (χ1) is 7.66. The Labute approximate surface area is 99.3 Å². The fourth-order valence-corrected chi connectivity index (χ4v) is 3.05. The first-order valence-electron chi connectivity index (χ1n) is 6.69. The molecule has 0 saturated carbocycles. The Bertz CT molecular complexity index is 253. The summed E-state index contributed by atoms with van der Waals surface area (Å²) in [7, 11) is 2.18. The van der Waals surface area contributed by atoms with Crippen LogP contribution in [0, 0.1) is 11.8 Å². The standard InChI is InChI=1S/C14H25NO/c1-11-3-5-12(6-4-11)14(16)13-7-9-15(2)10-8-13/h3,12-14,16H,4-10H2,1-2H3. The molecule has 1 aliphatic heterocycles. The highest BCUT2D eigenvalue weighted by atomic mass is 16.3. The van der Waals surface area contributed by atoms with Crippen LogP contribution in [0.4, 0.5) is 0 Å². The van der Waals surface area contributed by atoms with Gasteiger partial charge in [-0.1, -0.05) is 11.6 Å². The maximum Gasteiger partial charge on any atom is 0.0600 e. The van der Waals surface area contributed by atoms with Gasteiger partial charge in [0.1, 0.15) is 0 Å². The van der Waals surface area contributed by atoms with Gasteiger partial charge in [0.2, 0.25) is 0 Å². The minimum atomic E-state index is -0.0574. The summed E-state index contributed by atoms with van der Waals surface area (Å²) >= 11 is 0. The average Bonchev–Trinajstić information content (AvgIpc) is 2.30. The van der Waals surface area contributed by atoms with Crippen LogP contribution in [0.2, 0.25) is 0 Å². The fourth-order valence-electron chi connectivity index (χ4n) is 3.05. The zero-order valence-corrected chi connectivity index (χ0v) is 10.7. The molecule has 1 N–H and O–H groups in total. The summed E-state index contributed by atoms with van der Waals surface area (Å²) in [6.07, 6.45) is 8.10. The molecular weight excluding hydrogens is 198 g/mol. The van der Waals surface area contributed by atoms with Gasteiger partial charge in [-0.05, 0) is 71.0 Å². The van der Waals surface area contributed by atoms with Gasteiger partial charge in [-0.2, -0.15) is 0 Å². The number of rotatable bonds is 2. The van der Waals surface area contributed by atoms with Crippen LogP contribution >= 0.6 is 0 Å². The minimum absolute atomic E-state index is 0.0574. The third-order valence-electron chi connectivity index (χ3n) is 4.41. The van der Waals surface area contributed by atoms with E-state index >= 15 is 0 Å². The number of hydrogen-bond donors (Lipinski definition) is 1. The maximum atomic E-state index is 10.4. The van der Waals surface area contributed by atoms with E-state index in [1.165, 1.54) is 31.3 Å². The molecule has 92 valence electrons. The molecule has 2 unspecified atom stereocenters. The Balaban J connectivity index is 1.85. The van der Waals surface area contributed by atoms with Crippen LogP contribution in [0.1, 0.15) is 39.0 Å². The molecular formula is C14H25NO. The number of aliphatic hydroxyl groups is 1. The van der Waals surface area contributed by atoms with E-state index in [-0.39, 0.29) is 6.10 Å². The molecule has 2 nitrogen and oxygen atoms in total. The van der Waals surface area contributed by atoms with Gasteiger partial charge in [-0.3, -0.25) is 0 Å². The maximum absolute atomic E-state index is 10.4. The van der Waals surface area contributed by atoms with Crippen molar-refractivity contribution in [2.24, 2.45) is 11.8 Å². The van der Waals surface area contributed by atoms with E-state index in [2.05, 4.69) is 24.9 Å². The predicted molar refractivity (Wildman–Crippen MR) is 67.3 cm³/mol. The van der Waals surface area contributed by atoms with Crippen molar-refractivity contribution in [3.05, 3.63) is 11.6 Å². The molecule has 2 aliphatic rings. The number of aliphatic hydroxyl groups excluding tert-OH is 1. The highest BCUT2D eigenvalue weighted by Crippen LogP contribution is 2.32. The third-order valence-corrected chi connectivity index (χ3v) is 4.41. The van der Waals surface area contributed by atoms with E-state index in [0.717, 1.165) is 19.5 Å². The van der Waals surface area contributed by atoms with Crippen LogP contribution in [-0.2, 0) is 0 Å². The van der Waals surface area contributed by atoms with Crippen molar-refractivity contribution in [3.8, 4) is 0 Å². The molecule has 0 bridgehead atoms. The Hall–Kier alpha value is -0.340. The molecule has 1 fully saturated rings. The Morgan fingerprint density at radius 2 is 1.94 bits per heavy atom. The van der Waals surface area contributed by atoms with Crippen LogP contribution in [-0.4, -0.2) is 36.2 Å². The lowest BCUT2D eigenvalue weighted by Crippen LogP contribution is -2.38. The van der Waals surface area contributed by atoms with Crippen LogP contribution in [0.25, 0.3) is 0 Å². The SMILES string of the molecule is CC1=CCC(C(O)C2CCN(C)CC2)CC1. The van der Waals surface area contributed by atoms with Gasteiger partial charge >= 0.3 is 0 Å². The predicted octanol–water partition coefficient (Wildman–Crippen LogP) is 2.44. The second kappa shape index (κ2) is 5.33.